The van der Waals surface area contributed by atoms with E-state index in [9.17, 15) is 18.0 Å². The van der Waals surface area contributed by atoms with Crippen molar-refractivity contribution in [2.75, 3.05) is 31.1 Å². The maximum atomic E-state index is 12.7. The van der Waals surface area contributed by atoms with Gasteiger partial charge in [-0.2, -0.15) is 13.2 Å². The number of benzene rings is 1. The van der Waals surface area contributed by atoms with Gasteiger partial charge in [-0.1, -0.05) is 23.7 Å². The number of para-hydroxylation sites is 1. The number of aryl methyl sites for hydroxylation is 1. The second kappa shape index (κ2) is 7.15. The molecular formula is C18H17ClF3N3O. The predicted molar refractivity (Wildman–Crippen MR) is 93.5 cm³/mol. The zero-order chi connectivity index (χ0) is 18.9. The fourth-order valence-electron chi connectivity index (χ4n) is 2.97. The Bertz CT molecular complexity index is 818. The summed E-state index contributed by atoms with van der Waals surface area (Å²) >= 11 is 6.20. The van der Waals surface area contributed by atoms with Crippen LogP contribution in [0.5, 0.6) is 0 Å². The molecule has 0 atom stereocenters. The number of halogens is 4. The molecule has 1 saturated heterocycles. The number of amides is 1. The number of hydrogen-bond acceptors (Lipinski definition) is 3. The Morgan fingerprint density at radius 2 is 1.73 bits per heavy atom. The molecule has 2 heterocycles. The van der Waals surface area contributed by atoms with Crippen LogP contribution in [0.1, 0.15) is 21.7 Å². The molecule has 1 aromatic carbocycles. The van der Waals surface area contributed by atoms with Crippen LogP contribution in [0.15, 0.2) is 36.4 Å². The fourth-order valence-corrected chi connectivity index (χ4v) is 3.23. The molecule has 0 radical (unpaired) electrons. The van der Waals surface area contributed by atoms with Crippen LogP contribution in [0.4, 0.5) is 18.9 Å². The average molecular weight is 384 g/mol. The summed E-state index contributed by atoms with van der Waals surface area (Å²) in [5.74, 6) is -0.303. The molecule has 4 nitrogen and oxygen atoms in total. The minimum Gasteiger partial charge on any atom is -0.367 e. The number of carbonyl (C=O) groups excluding carboxylic acids is 1. The van der Waals surface area contributed by atoms with E-state index in [0.717, 1.165) is 11.8 Å². The van der Waals surface area contributed by atoms with Crippen LogP contribution in [0.25, 0.3) is 0 Å². The van der Waals surface area contributed by atoms with Gasteiger partial charge < -0.3 is 9.80 Å². The van der Waals surface area contributed by atoms with Crippen molar-refractivity contribution in [3.05, 3.63) is 58.4 Å². The number of alkyl halides is 3. The van der Waals surface area contributed by atoms with E-state index in [-0.39, 0.29) is 17.2 Å². The van der Waals surface area contributed by atoms with Crippen molar-refractivity contribution >= 4 is 23.2 Å². The van der Waals surface area contributed by atoms with E-state index in [2.05, 4.69) is 9.88 Å². The molecule has 3 rings (SSSR count). The molecule has 2 aromatic rings. The normalized spacial score (nSPS) is 15.3. The molecule has 0 N–H and O–H groups in total. The lowest BCUT2D eigenvalue weighted by atomic mass is 10.1. The first kappa shape index (κ1) is 18.5. The zero-order valence-electron chi connectivity index (χ0n) is 14.1. The summed E-state index contributed by atoms with van der Waals surface area (Å²) in [6.07, 6.45) is -4.52. The molecular weight excluding hydrogens is 367 g/mol. The van der Waals surface area contributed by atoms with Crippen LogP contribution >= 0.6 is 11.6 Å². The Hall–Kier alpha value is -2.28. The SMILES string of the molecule is Cc1nc(C(F)(F)F)ccc1C(=O)N1CCN(c2ccccc2Cl)CC1. The van der Waals surface area contributed by atoms with Crippen molar-refractivity contribution in [2.24, 2.45) is 0 Å². The maximum Gasteiger partial charge on any atom is 0.433 e. The summed E-state index contributed by atoms with van der Waals surface area (Å²) < 4.78 is 38.2. The van der Waals surface area contributed by atoms with E-state index in [4.69, 9.17) is 11.6 Å². The minimum absolute atomic E-state index is 0.0818. The number of piperazine rings is 1. The lowest BCUT2D eigenvalue weighted by Gasteiger charge is -2.36. The van der Waals surface area contributed by atoms with Gasteiger partial charge in [0.15, 0.2) is 0 Å². The molecule has 0 spiro atoms. The molecule has 0 saturated carbocycles. The molecule has 1 aromatic heterocycles. The topological polar surface area (TPSA) is 36.4 Å². The first-order valence-electron chi connectivity index (χ1n) is 8.11. The van der Waals surface area contributed by atoms with Crippen LogP contribution < -0.4 is 4.90 Å². The van der Waals surface area contributed by atoms with Gasteiger partial charge in [-0.15, -0.1) is 0 Å². The molecule has 1 amide bonds. The molecule has 1 fully saturated rings. The second-order valence-corrected chi connectivity index (χ2v) is 6.47. The van der Waals surface area contributed by atoms with Gasteiger partial charge in [-0.25, -0.2) is 4.98 Å². The highest BCUT2D eigenvalue weighted by atomic mass is 35.5. The third-order valence-electron chi connectivity index (χ3n) is 4.37. The van der Waals surface area contributed by atoms with Crippen molar-refractivity contribution in [2.45, 2.75) is 13.1 Å². The molecule has 0 aliphatic carbocycles. The monoisotopic (exact) mass is 383 g/mol. The van der Waals surface area contributed by atoms with Gasteiger partial charge in [0.1, 0.15) is 5.69 Å². The van der Waals surface area contributed by atoms with Crippen LogP contribution in [0.2, 0.25) is 5.02 Å². The van der Waals surface area contributed by atoms with E-state index in [1.54, 1.807) is 4.90 Å². The summed E-state index contributed by atoms with van der Waals surface area (Å²) in [4.78, 5) is 19.9. The molecule has 8 heteroatoms. The fraction of sp³-hybridized carbons (Fsp3) is 0.333. The Morgan fingerprint density at radius 3 is 2.31 bits per heavy atom. The van der Waals surface area contributed by atoms with Gasteiger partial charge in [0.2, 0.25) is 0 Å². The van der Waals surface area contributed by atoms with E-state index >= 15 is 0 Å². The quantitative estimate of drug-likeness (QED) is 0.785. The number of pyridine rings is 1. The van der Waals surface area contributed by atoms with Crippen LogP contribution in [0.3, 0.4) is 0 Å². The first-order chi connectivity index (χ1) is 12.3. The summed E-state index contributed by atoms with van der Waals surface area (Å²) in [5, 5.41) is 0.648. The standard InChI is InChI=1S/C18H17ClF3N3O/c1-12-13(6-7-16(23-12)18(20,21)22)17(26)25-10-8-24(9-11-25)15-5-3-2-4-14(15)19/h2-7H,8-11H2,1H3. The van der Waals surface area contributed by atoms with Gasteiger partial charge >= 0.3 is 6.18 Å². The Balaban J connectivity index is 1.70. The third-order valence-corrected chi connectivity index (χ3v) is 4.69. The maximum absolute atomic E-state index is 12.7. The van der Waals surface area contributed by atoms with Crippen LogP contribution in [-0.2, 0) is 6.18 Å². The molecule has 1 aliphatic rings. The number of rotatable bonds is 2. The van der Waals surface area contributed by atoms with Gasteiger partial charge in [0, 0.05) is 26.2 Å². The summed E-state index contributed by atoms with van der Waals surface area (Å²) in [7, 11) is 0. The average Bonchev–Trinajstić information content (AvgIpc) is 2.61. The number of nitrogens with zero attached hydrogens (tertiary/aromatic N) is 3. The zero-order valence-corrected chi connectivity index (χ0v) is 14.8. The lowest BCUT2D eigenvalue weighted by molar-refractivity contribution is -0.141. The largest absolute Gasteiger partial charge is 0.433 e. The number of aromatic nitrogens is 1. The first-order valence-corrected chi connectivity index (χ1v) is 8.49. The second-order valence-electron chi connectivity index (χ2n) is 6.06. The van der Waals surface area contributed by atoms with E-state index < -0.39 is 11.9 Å². The molecule has 26 heavy (non-hydrogen) atoms. The van der Waals surface area contributed by atoms with Gasteiger partial charge in [0.05, 0.1) is 22.0 Å². The Labute approximate surface area is 154 Å². The summed E-state index contributed by atoms with van der Waals surface area (Å²) in [5.41, 5.74) is 0.200. The van der Waals surface area contributed by atoms with Crippen LogP contribution in [-0.4, -0.2) is 42.0 Å². The lowest BCUT2D eigenvalue weighted by Crippen LogP contribution is -2.49. The third kappa shape index (κ3) is 3.77. The molecule has 0 unspecified atom stereocenters. The molecule has 138 valence electrons. The van der Waals surface area contributed by atoms with Crippen molar-refractivity contribution in [3.8, 4) is 0 Å². The number of hydrogen-bond donors (Lipinski definition) is 0. The molecule has 1 aliphatic heterocycles. The van der Waals surface area contributed by atoms with E-state index in [0.29, 0.717) is 31.2 Å². The minimum atomic E-state index is -4.52. The highest BCUT2D eigenvalue weighted by molar-refractivity contribution is 6.33. The highest BCUT2D eigenvalue weighted by Gasteiger charge is 2.33. The van der Waals surface area contributed by atoms with Crippen molar-refractivity contribution in [1.29, 1.82) is 0 Å². The van der Waals surface area contributed by atoms with E-state index in [1.165, 1.54) is 13.0 Å². The summed E-state index contributed by atoms with van der Waals surface area (Å²) in [6.45, 7) is 3.54. The smallest absolute Gasteiger partial charge is 0.367 e. The van der Waals surface area contributed by atoms with Crippen molar-refractivity contribution in [3.63, 3.8) is 0 Å². The van der Waals surface area contributed by atoms with Gasteiger partial charge in [-0.05, 0) is 31.2 Å². The predicted octanol–water partition coefficient (Wildman–Crippen LogP) is 4.02. The van der Waals surface area contributed by atoms with Gasteiger partial charge in [-0.3, -0.25) is 4.79 Å². The van der Waals surface area contributed by atoms with Crippen molar-refractivity contribution in [1.82, 2.24) is 9.88 Å². The van der Waals surface area contributed by atoms with Crippen LogP contribution in [0, 0.1) is 6.92 Å². The Kier molecular flexibility index (Phi) is 5.09. The van der Waals surface area contributed by atoms with Gasteiger partial charge in [0.25, 0.3) is 5.91 Å². The Morgan fingerprint density at radius 1 is 1.08 bits per heavy atom. The number of carbonyl (C=O) groups is 1. The molecule has 0 bridgehead atoms. The number of anilines is 1. The highest BCUT2D eigenvalue weighted by Crippen LogP contribution is 2.29. The van der Waals surface area contributed by atoms with E-state index in [1.807, 2.05) is 24.3 Å². The summed E-state index contributed by atoms with van der Waals surface area (Å²) in [6, 6.07) is 9.53. The van der Waals surface area contributed by atoms with Crippen molar-refractivity contribution < 1.29 is 18.0 Å².